The van der Waals surface area contributed by atoms with Gasteiger partial charge in [-0.05, 0) is 30.3 Å². The highest BCUT2D eigenvalue weighted by Crippen LogP contribution is 2.23. The number of sulfone groups is 1. The molecule has 7 heteroatoms. The zero-order chi connectivity index (χ0) is 14.9. The van der Waals surface area contributed by atoms with E-state index in [1.807, 2.05) is 0 Å². The lowest BCUT2D eigenvalue weighted by molar-refractivity contribution is 0.584. The second-order valence-electron chi connectivity index (χ2n) is 4.18. The molecule has 0 amide bonds. The summed E-state index contributed by atoms with van der Waals surface area (Å²) in [5, 5.41) is 0. The summed E-state index contributed by atoms with van der Waals surface area (Å²) in [7, 11) is -3.84. The van der Waals surface area contributed by atoms with Crippen molar-refractivity contribution in [2.45, 2.75) is 10.6 Å². The third kappa shape index (κ3) is 3.16. The van der Waals surface area contributed by atoms with Gasteiger partial charge in [0.05, 0.1) is 16.3 Å². The normalized spacial score (nSPS) is 11.6. The maximum Gasteiger partial charge on any atom is 0.182 e. The molecule has 106 valence electrons. The molecule has 3 nitrogen and oxygen atoms in total. The van der Waals surface area contributed by atoms with Crippen LogP contribution in [-0.4, -0.2) is 8.42 Å². The Bertz CT molecular complexity index is 763. The van der Waals surface area contributed by atoms with E-state index < -0.39 is 27.2 Å². The molecule has 0 bridgehead atoms. The quantitative estimate of drug-likeness (QED) is 0.853. The summed E-state index contributed by atoms with van der Waals surface area (Å²) in [4.78, 5) is -0.230. The number of halogens is 3. The number of nitrogen functional groups attached to an aromatic ring is 1. The molecular weight excluding hydrogens is 352 g/mol. The SMILES string of the molecule is Nc1ccc(S(=O)(=O)Cc2ccc(Br)cc2F)cc1F. The van der Waals surface area contributed by atoms with Crippen molar-refractivity contribution in [3.05, 3.63) is 58.1 Å². The molecule has 0 heterocycles. The molecule has 0 saturated heterocycles. The van der Waals surface area contributed by atoms with Crippen LogP contribution in [0.1, 0.15) is 5.56 Å². The minimum atomic E-state index is -3.84. The van der Waals surface area contributed by atoms with Gasteiger partial charge in [-0.25, -0.2) is 17.2 Å². The highest BCUT2D eigenvalue weighted by Gasteiger charge is 2.19. The fourth-order valence-electron chi connectivity index (χ4n) is 1.63. The molecule has 2 N–H and O–H groups in total. The average molecular weight is 362 g/mol. The maximum atomic E-state index is 13.7. The molecule has 2 aromatic carbocycles. The molecule has 2 aromatic rings. The third-order valence-electron chi connectivity index (χ3n) is 2.69. The van der Waals surface area contributed by atoms with Crippen LogP contribution in [0, 0.1) is 11.6 Å². The Labute approximate surface area is 123 Å². The fourth-order valence-corrected chi connectivity index (χ4v) is 3.33. The van der Waals surface area contributed by atoms with E-state index in [9.17, 15) is 17.2 Å². The Morgan fingerprint density at radius 1 is 1.05 bits per heavy atom. The molecule has 0 aliphatic rings. The van der Waals surface area contributed by atoms with Gasteiger partial charge in [-0.15, -0.1) is 0 Å². The Morgan fingerprint density at radius 2 is 1.75 bits per heavy atom. The van der Waals surface area contributed by atoms with Crippen LogP contribution in [0.5, 0.6) is 0 Å². The molecule has 0 aliphatic heterocycles. The minimum absolute atomic E-state index is 0.0189. The molecule has 0 radical (unpaired) electrons. The van der Waals surface area contributed by atoms with Crippen LogP contribution < -0.4 is 5.73 Å². The second kappa shape index (κ2) is 5.49. The van der Waals surface area contributed by atoms with E-state index in [1.165, 1.54) is 30.3 Å². The number of nitrogens with two attached hydrogens (primary N) is 1. The van der Waals surface area contributed by atoms with E-state index in [0.717, 1.165) is 6.07 Å². The summed E-state index contributed by atoms with van der Waals surface area (Å²) in [6, 6.07) is 7.28. The summed E-state index contributed by atoms with van der Waals surface area (Å²) in [5.41, 5.74) is 5.17. The fraction of sp³-hybridized carbons (Fsp3) is 0.0769. The van der Waals surface area contributed by atoms with Crippen LogP contribution in [0.3, 0.4) is 0 Å². The Kier molecular flexibility index (Phi) is 4.10. The monoisotopic (exact) mass is 361 g/mol. The molecule has 0 spiro atoms. The van der Waals surface area contributed by atoms with Gasteiger partial charge in [-0.3, -0.25) is 0 Å². The van der Waals surface area contributed by atoms with E-state index in [-0.39, 0.29) is 16.1 Å². The van der Waals surface area contributed by atoms with Gasteiger partial charge in [0.25, 0.3) is 0 Å². The minimum Gasteiger partial charge on any atom is -0.396 e. The lowest BCUT2D eigenvalue weighted by Crippen LogP contribution is -2.07. The molecule has 0 atom stereocenters. The number of hydrogen-bond donors (Lipinski definition) is 1. The largest absolute Gasteiger partial charge is 0.396 e. The molecular formula is C13H10BrF2NO2S. The maximum absolute atomic E-state index is 13.7. The Hall–Kier alpha value is -1.47. The zero-order valence-corrected chi connectivity index (χ0v) is 12.5. The van der Waals surface area contributed by atoms with Gasteiger partial charge < -0.3 is 5.73 Å². The van der Waals surface area contributed by atoms with Gasteiger partial charge in [0.15, 0.2) is 9.84 Å². The van der Waals surface area contributed by atoms with Crippen molar-refractivity contribution in [2.75, 3.05) is 5.73 Å². The van der Waals surface area contributed by atoms with Crippen LogP contribution in [-0.2, 0) is 15.6 Å². The lowest BCUT2D eigenvalue weighted by atomic mass is 10.2. The summed E-state index contributed by atoms with van der Waals surface area (Å²) < 4.78 is 51.7. The van der Waals surface area contributed by atoms with E-state index in [1.54, 1.807) is 0 Å². The molecule has 20 heavy (non-hydrogen) atoms. The predicted molar refractivity (Wildman–Crippen MR) is 75.8 cm³/mol. The summed E-state index contributed by atoms with van der Waals surface area (Å²) >= 11 is 3.09. The van der Waals surface area contributed by atoms with Crippen LogP contribution in [0.15, 0.2) is 45.8 Å². The summed E-state index contributed by atoms with van der Waals surface area (Å²) in [6.07, 6.45) is 0. The van der Waals surface area contributed by atoms with Gasteiger partial charge in [0.1, 0.15) is 11.6 Å². The highest BCUT2D eigenvalue weighted by atomic mass is 79.9. The van der Waals surface area contributed by atoms with Crippen LogP contribution in [0.2, 0.25) is 0 Å². The van der Waals surface area contributed by atoms with Gasteiger partial charge >= 0.3 is 0 Å². The molecule has 0 saturated carbocycles. The third-order valence-corrected chi connectivity index (χ3v) is 4.85. The summed E-state index contributed by atoms with van der Waals surface area (Å²) in [5.74, 6) is -2.00. The van der Waals surface area contributed by atoms with E-state index in [0.29, 0.717) is 4.47 Å². The first-order valence-corrected chi connectivity index (χ1v) is 7.96. The van der Waals surface area contributed by atoms with Crippen molar-refractivity contribution in [1.82, 2.24) is 0 Å². The number of benzene rings is 2. The zero-order valence-electron chi connectivity index (χ0n) is 10.1. The topological polar surface area (TPSA) is 60.2 Å². The highest BCUT2D eigenvalue weighted by molar-refractivity contribution is 9.10. The number of hydrogen-bond acceptors (Lipinski definition) is 3. The number of rotatable bonds is 3. The van der Waals surface area contributed by atoms with Crippen LogP contribution >= 0.6 is 15.9 Å². The molecule has 0 aliphatic carbocycles. The van der Waals surface area contributed by atoms with Gasteiger partial charge in [-0.1, -0.05) is 22.0 Å². The van der Waals surface area contributed by atoms with Crippen molar-refractivity contribution < 1.29 is 17.2 Å². The first kappa shape index (κ1) is 14.9. The van der Waals surface area contributed by atoms with Gasteiger partial charge in [0, 0.05) is 10.0 Å². The Morgan fingerprint density at radius 3 is 2.35 bits per heavy atom. The van der Waals surface area contributed by atoms with E-state index >= 15 is 0 Å². The molecule has 0 fully saturated rings. The molecule has 0 aromatic heterocycles. The Balaban J connectivity index is 2.38. The lowest BCUT2D eigenvalue weighted by Gasteiger charge is -2.07. The van der Waals surface area contributed by atoms with Gasteiger partial charge in [0.2, 0.25) is 0 Å². The van der Waals surface area contributed by atoms with Crippen molar-refractivity contribution in [3.8, 4) is 0 Å². The van der Waals surface area contributed by atoms with Gasteiger partial charge in [-0.2, -0.15) is 0 Å². The van der Waals surface area contributed by atoms with E-state index in [2.05, 4.69) is 15.9 Å². The van der Waals surface area contributed by atoms with E-state index in [4.69, 9.17) is 5.73 Å². The molecule has 0 unspecified atom stereocenters. The van der Waals surface area contributed by atoms with Crippen molar-refractivity contribution >= 4 is 31.5 Å². The predicted octanol–water partition coefficient (Wildman–Crippen LogP) is 3.28. The van der Waals surface area contributed by atoms with Crippen molar-refractivity contribution in [2.24, 2.45) is 0 Å². The summed E-state index contributed by atoms with van der Waals surface area (Å²) in [6.45, 7) is 0. The molecule has 2 rings (SSSR count). The average Bonchev–Trinajstić information content (AvgIpc) is 2.36. The first-order chi connectivity index (χ1) is 9.29. The van der Waals surface area contributed by atoms with Crippen LogP contribution in [0.25, 0.3) is 0 Å². The standard InChI is InChI=1S/C13H10BrF2NO2S/c14-9-2-1-8(11(15)5-9)7-20(18,19)10-3-4-13(17)12(16)6-10/h1-6H,7,17H2. The first-order valence-electron chi connectivity index (χ1n) is 5.51. The second-order valence-corrected chi connectivity index (χ2v) is 7.08. The van der Waals surface area contributed by atoms with Crippen molar-refractivity contribution in [3.63, 3.8) is 0 Å². The van der Waals surface area contributed by atoms with Crippen molar-refractivity contribution in [1.29, 1.82) is 0 Å². The number of anilines is 1. The smallest absolute Gasteiger partial charge is 0.182 e. The van der Waals surface area contributed by atoms with Crippen LogP contribution in [0.4, 0.5) is 14.5 Å².